The Kier molecular flexibility index (Phi) is 7.37. The molecule has 0 aromatic carbocycles. The highest BCUT2D eigenvalue weighted by Crippen LogP contribution is 2.11. The lowest BCUT2D eigenvalue weighted by molar-refractivity contribution is 0.0938. The Hall–Kier alpha value is 0.170. The summed E-state index contributed by atoms with van der Waals surface area (Å²) in [6.45, 7) is 8.41. The van der Waals surface area contributed by atoms with Crippen LogP contribution in [-0.2, 0) is 4.74 Å². The minimum atomic E-state index is 0.597. The van der Waals surface area contributed by atoms with Gasteiger partial charge >= 0.3 is 0 Å². The summed E-state index contributed by atoms with van der Waals surface area (Å²) in [7, 11) is 2.22. The summed E-state index contributed by atoms with van der Waals surface area (Å²) in [5, 5.41) is 0. The molecule has 0 N–H and O–H groups in total. The van der Waals surface area contributed by atoms with Gasteiger partial charge in [-0.2, -0.15) is 0 Å². The van der Waals surface area contributed by atoms with Gasteiger partial charge in [-0.05, 0) is 33.0 Å². The van der Waals surface area contributed by atoms with Crippen molar-refractivity contribution in [3.63, 3.8) is 0 Å². The van der Waals surface area contributed by atoms with Crippen LogP contribution in [0.1, 0.15) is 19.8 Å². The maximum atomic E-state index is 5.58. The largest absolute Gasteiger partial charge is 0.379 e. The number of hydrogen-bond donors (Lipinski definition) is 0. The van der Waals surface area contributed by atoms with Crippen LogP contribution in [0.25, 0.3) is 0 Å². The molecule has 0 radical (unpaired) electrons. The molecule has 0 aliphatic carbocycles. The fourth-order valence-corrected chi connectivity index (χ4v) is 2.42. The molecule has 1 heterocycles. The lowest BCUT2D eigenvalue weighted by Crippen LogP contribution is -2.41. The highest BCUT2D eigenvalue weighted by atomic mass is 35.5. The number of alkyl halides is 1. The lowest BCUT2D eigenvalue weighted by Gasteiger charge is -2.29. The van der Waals surface area contributed by atoms with E-state index in [1.807, 2.05) is 0 Å². The monoisotopic (exact) mass is 248 g/mol. The first-order chi connectivity index (χ1) is 7.77. The predicted octanol–water partition coefficient (Wildman–Crippen LogP) is 1.66. The maximum Gasteiger partial charge on any atom is 0.0602 e. The first-order valence-corrected chi connectivity index (χ1v) is 6.87. The van der Waals surface area contributed by atoms with Crippen molar-refractivity contribution in [3.8, 4) is 0 Å². The van der Waals surface area contributed by atoms with Crippen molar-refractivity contribution in [1.29, 1.82) is 0 Å². The van der Waals surface area contributed by atoms with Gasteiger partial charge in [-0.25, -0.2) is 0 Å². The van der Waals surface area contributed by atoms with Crippen molar-refractivity contribution in [3.05, 3.63) is 0 Å². The molecule has 0 bridgehead atoms. The van der Waals surface area contributed by atoms with Crippen molar-refractivity contribution < 1.29 is 4.74 Å². The SMILES string of the molecule is CCC1CN(C)CCCN1CCOCCCl. The molecular weight excluding hydrogens is 224 g/mol. The normalized spacial score (nSPS) is 24.6. The molecule has 0 saturated carbocycles. The Morgan fingerprint density at radius 2 is 2.12 bits per heavy atom. The summed E-state index contributed by atoms with van der Waals surface area (Å²) in [5.41, 5.74) is 0. The molecule has 0 aromatic rings. The van der Waals surface area contributed by atoms with E-state index >= 15 is 0 Å². The molecule has 1 rings (SSSR count). The number of nitrogens with zero attached hydrogens (tertiary/aromatic N) is 2. The smallest absolute Gasteiger partial charge is 0.0602 e. The van der Waals surface area contributed by atoms with Crippen LogP contribution < -0.4 is 0 Å². The van der Waals surface area contributed by atoms with E-state index in [2.05, 4.69) is 23.8 Å². The lowest BCUT2D eigenvalue weighted by atomic mass is 10.2. The maximum absolute atomic E-state index is 5.58. The zero-order valence-electron chi connectivity index (χ0n) is 10.6. The Labute approximate surface area is 105 Å². The first-order valence-electron chi connectivity index (χ1n) is 6.34. The molecule has 96 valence electrons. The molecule has 0 amide bonds. The van der Waals surface area contributed by atoms with E-state index < -0.39 is 0 Å². The van der Waals surface area contributed by atoms with E-state index in [0.29, 0.717) is 18.5 Å². The number of ether oxygens (including phenoxy) is 1. The van der Waals surface area contributed by atoms with Crippen LogP contribution in [-0.4, -0.2) is 68.2 Å². The summed E-state index contributed by atoms with van der Waals surface area (Å²) in [6, 6.07) is 0.687. The summed E-state index contributed by atoms with van der Waals surface area (Å²) in [6.07, 6.45) is 2.49. The third-order valence-electron chi connectivity index (χ3n) is 3.24. The Balaban J connectivity index is 2.30. The highest BCUT2D eigenvalue weighted by molar-refractivity contribution is 6.17. The average Bonchev–Trinajstić information content (AvgIpc) is 2.46. The minimum absolute atomic E-state index is 0.597. The highest BCUT2D eigenvalue weighted by Gasteiger charge is 2.21. The van der Waals surface area contributed by atoms with E-state index in [1.165, 1.54) is 32.5 Å². The van der Waals surface area contributed by atoms with E-state index in [-0.39, 0.29) is 0 Å². The molecular formula is C12H25ClN2O. The van der Waals surface area contributed by atoms with Gasteiger partial charge in [0.25, 0.3) is 0 Å². The molecule has 1 saturated heterocycles. The van der Waals surface area contributed by atoms with E-state index in [4.69, 9.17) is 16.3 Å². The van der Waals surface area contributed by atoms with Gasteiger partial charge in [-0.1, -0.05) is 6.92 Å². The van der Waals surface area contributed by atoms with Gasteiger partial charge in [-0.15, -0.1) is 11.6 Å². The Morgan fingerprint density at radius 1 is 1.31 bits per heavy atom. The zero-order valence-corrected chi connectivity index (χ0v) is 11.4. The van der Waals surface area contributed by atoms with E-state index in [9.17, 15) is 0 Å². The molecule has 4 heteroatoms. The fourth-order valence-electron chi connectivity index (χ4n) is 2.31. The topological polar surface area (TPSA) is 15.7 Å². The van der Waals surface area contributed by atoms with Gasteiger partial charge in [0.1, 0.15) is 0 Å². The summed E-state index contributed by atoms with van der Waals surface area (Å²) in [5.74, 6) is 0.597. The van der Waals surface area contributed by atoms with Gasteiger partial charge in [0.15, 0.2) is 0 Å². The fraction of sp³-hybridized carbons (Fsp3) is 1.00. The number of likely N-dealkylation sites (N-methyl/N-ethyl adjacent to an activating group) is 1. The first kappa shape index (κ1) is 14.2. The Bertz CT molecular complexity index is 180. The van der Waals surface area contributed by atoms with Crippen molar-refractivity contribution in [2.75, 3.05) is 52.3 Å². The third kappa shape index (κ3) is 5.00. The van der Waals surface area contributed by atoms with Gasteiger partial charge in [0.2, 0.25) is 0 Å². The third-order valence-corrected chi connectivity index (χ3v) is 3.39. The molecule has 1 fully saturated rings. The predicted molar refractivity (Wildman–Crippen MR) is 69.3 cm³/mol. The minimum Gasteiger partial charge on any atom is -0.379 e. The van der Waals surface area contributed by atoms with Crippen LogP contribution in [0.5, 0.6) is 0 Å². The summed E-state index contributed by atoms with van der Waals surface area (Å²) < 4.78 is 5.46. The number of halogens is 1. The van der Waals surface area contributed by atoms with Crippen LogP contribution in [0.4, 0.5) is 0 Å². The summed E-state index contributed by atoms with van der Waals surface area (Å²) >= 11 is 5.58. The van der Waals surface area contributed by atoms with E-state index in [0.717, 1.165) is 13.2 Å². The van der Waals surface area contributed by atoms with Crippen LogP contribution in [0.15, 0.2) is 0 Å². The van der Waals surface area contributed by atoms with Crippen molar-refractivity contribution in [1.82, 2.24) is 9.80 Å². The van der Waals surface area contributed by atoms with Crippen molar-refractivity contribution in [2.45, 2.75) is 25.8 Å². The number of hydrogen-bond acceptors (Lipinski definition) is 3. The van der Waals surface area contributed by atoms with Gasteiger partial charge in [0, 0.05) is 25.0 Å². The van der Waals surface area contributed by atoms with Crippen LogP contribution in [0, 0.1) is 0 Å². The Morgan fingerprint density at radius 3 is 2.81 bits per heavy atom. The van der Waals surface area contributed by atoms with Crippen LogP contribution >= 0.6 is 11.6 Å². The molecule has 3 nitrogen and oxygen atoms in total. The average molecular weight is 249 g/mol. The quantitative estimate of drug-likeness (QED) is 0.525. The second-order valence-corrected chi connectivity index (χ2v) is 4.89. The summed E-state index contributed by atoms with van der Waals surface area (Å²) in [4.78, 5) is 5.01. The van der Waals surface area contributed by atoms with Gasteiger partial charge in [-0.3, -0.25) is 4.90 Å². The van der Waals surface area contributed by atoms with Gasteiger partial charge < -0.3 is 9.64 Å². The van der Waals surface area contributed by atoms with E-state index in [1.54, 1.807) is 0 Å². The second-order valence-electron chi connectivity index (χ2n) is 4.52. The van der Waals surface area contributed by atoms with Crippen LogP contribution in [0.3, 0.4) is 0 Å². The molecule has 1 atom stereocenters. The molecule has 16 heavy (non-hydrogen) atoms. The standard InChI is InChI=1S/C12H25ClN2O/c1-3-12-11-14(2)6-4-7-15(12)8-10-16-9-5-13/h12H,3-11H2,1-2H3. The van der Waals surface area contributed by atoms with Crippen LogP contribution in [0.2, 0.25) is 0 Å². The molecule has 1 aliphatic rings. The molecule has 1 aliphatic heterocycles. The zero-order chi connectivity index (χ0) is 11.8. The van der Waals surface area contributed by atoms with Gasteiger partial charge in [0.05, 0.1) is 13.2 Å². The second kappa shape index (κ2) is 8.29. The number of rotatable bonds is 6. The molecule has 0 aromatic heterocycles. The van der Waals surface area contributed by atoms with Crippen molar-refractivity contribution in [2.24, 2.45) is 0 Å². The van der Waals surface area contributed by atoms with Crippen molar-refractivity contribution >= 4 is 11.6 Å². The molecule has 1 unspecified atom stereocenters. The molecule has 0 spiro atoms.